The summed E-state index contributed by atoms with van der Waals surface area (Å²) in [6, 6.07) is 1.73. The molecule has 7 heteroatoms. The maximum atomic E-state index is 11.3. The molecule has 6 nitrogen and oxygen atoms in total. The molecule has 0 unspecified atom stereocenters. The summed E-state index contributed by atoms with van der Waals surface area (Å²) in [5.41, 5.74) is 1.09. The minimum atomic E-state index is -3.26. The van der Waals surface area contributed by atoms with Gasteiger partial charge in [0.05, 0.1) is 30.0 Å². The molecule has 0 spiro atoms. The summed E-state index contributed by atoms with van der Waals surface area (Å²) in [5.74, 6) is 0.0319. The Morgan fingerprint density at radius 3 is 3.07 bits per heavy atom. The predicted molar refractivity (Wildman–Crippen MR) is 56.1 cm³/mol. The van der Waals surface area contributed by atoms with E-state index in [-0.39, 0.29) is 5.75 Å². The van der Waals surface area contributed by atoms with Crippen LogP contribution in [0.4, 0.5) is 5.69 Å². The Morgan fingerprint density at radius 1 is 1.53 bits per heavy atom. The Bertz CT molecular complexity index is 575. The number of sulfonamides is 1. The standard InChI is InChI=1S/C8H10N4O2S/c1-2-15(13,14)11-7-5-9-8-3-4-10-12(8)6-7/h3-6,11H,2H2,1H3. The first-order chi connectivity index (χ1) is 7.11. The molecule has 0 aliphatic heterocycles. The van der Waals surface area contributed by atoms with Crippen LogP contribution in [0.1, 0.15) is 6.92 Å². The van der Waals surface area contributed by atoms with E-state index in [9.17, 15) is 8.42 Å². The van der Waals surface area contributed by atoms with E-state index in [1.807, 2.05) is 0 Å². The zero-order chi connectivity index (χ0) is 10.9. The second-order valence-electron chi connectivity index (χ2n) is 2.98. The van der Waals surface area contributed by atoms with Crippen molar-refractivity contribution in [1.29, 1.82) is 0 Å². The van der Waals surface area contributed by atoms with Gasteiger partial charge in [-0.2, -0.15) is 5.10 Å². The number of hydrogen-bond donors (Lipinski definition) is 1. The van der Waals surface area contributed by atoms with E-state index in [2.05, 4.69) is 14.8 Å². The third kappa shape index (κ3) is 2.07. The fraction of sp³-hybridized carbons (Fsp3) is 0.250. The van der Waals surface area contributed by atoms with Gasteiger partial charge in [-0.15, -0.1) is 0 Å². The molecule has 2 heterocycles. The zero-order valence-electron chi connectivity index (χ0n) is 8.08. The van der Waals surface area contributed by atoms with Gasteiger partial charge in [0.2, 0.25) is 10.0 Å². The van der Waals surface area contributed by atoms with Crippen molar-refractivity contribution in [2.24, 2.45) is 0 Å². The molecule has 2 aromatic rings. The summed E-state index contributed by atoms with van der Waals surface area (Å²) >= 11 is 0. The molecule has 0 saturated heterocycles. The highest BCUT2D eigenvalue weighted by Gasteiger charge is 2.07. The van der Waals surface area contributed by atoms with Crippen molar-refractivity contribution in [3.8, 4) is 0 Å². The van der Waals surface area contributed by atoms with Crippen molar-refractivity contribution < 1.29 is 8.42 Å². The molecule has 0 fully saturated rings. The third-order valence-corrected chi connectivity index (χ3v) is 3.21. The maximum Gasteiger partial charge on any atom is 0.232 e. The number of rotatable bonds is 3. The number of anilines is 1. The van der Waals surface area contributed by atoms with Gasteiger partial charge < -0.3 is 0 Å². The topological polar surface area (TPSA) is 76.4 Å². The molecule has 2 rings (SSSR count). The second-order valence-corrected chi connectivity index (χ2v) is 4.99. The smallest absolute Gasteiger partial charge is 0.232 e. The Kier molecular flexibility index (Phi) is 2.31. The van der Waals surface area contributed by atoms with Crippen LogP contribution in [-0.2, 0) is 10.0 Å². The summed E-state index contributed by atoms with van der Waals surface area (Å²) in [4.78, 5) is 4.03. The first-order valence-corrected chi connectivity index (χ1v) is 6.06. The highest BCUT2D eigenvalue weighted by Crippen LogP contribution is 2.08. The van der Waals surface area contributed by atoms with Gasteiger partial charge in [0.1, 0.15) is 0 Å². The van der Waals surface area contributed by atoms with E-state index < -0.39 is 10.0 Å². The molecule has 1 N–H and O–H groups in total. The quantitative estimate of drug-likeness (QED) is 0.826. The molecule has 0 aliphatic rings. The number of nitrogens with one attached hydrogen (secondary N) is 1. The number of aromatic nitrogens is 3. The monoisotopic (exact) mass is 226 g/mol. The van der Waals surface area contributed by atoms with E-state index in [0.29, 0.717) is 11.3 Å². The third-order valence-electron chi connectivity index (χ3n) is 1.90. The van der Waals surface area contributed by atoms with Crippen molar-refractivity contribution in [3.63, 3.8) is 0 Å². The van der Waals surface area contributed by atoms with Crippen molar-refractivity contribution in [1.82, 2.24) is 14.6 Å². The predicted octanol–water partition coefficient (Wildman–Crippen LogP) is 0.491. The average molecular weight is 226 g/mol. The van der Waals surface area contributed by atoms with Gasteiger partial charge in [-0.05, 0) is 6.92 Å². The van der Waals surface area contributed by atoms with Crippen molar-refractivity contribution >= 4 is 21.4 Å². The van der Waals surface area contributed by atoms with E-state index in [1.54, 1.807) is 25.4 Å². The van der Waals surface area contributed by atoms with Crippen LogP contribution < -0.4 is 4.72 Å². The van der Waals surface area contributed by atoms with Crippen LogP contribution in [0.3, 0.4) is 0 Å². The SMILES string of the molecule is CCS(=O)(=O)Nc1cnc2ccnn2c1. The molecule has 0 radical (unpaired) electrons. The summed E-state index contributed by atoms with van der Waals surface area (Å²) < 4.78 is 26.5. The van der Waals surface area contributed by atoms with Crippen LogP contribution in [0.5, 0.6) is 0 Å². The van der Waals surface area contributed by atoms with Crippen molar-refractivity contribution in [3.05, 3.63) is 24.7 Å². The van der Waals surface area contributed by atoms with Crippen LogP contribution >= 0.6 is 0 Å². The summed E-state index contributed by atoms with van der Waals surface area (Å²) in [7, 11) is -3.26. The molecule has 0 bridgehead atoms. The highest BCUT2D eigenvalue weighted by atomic mass is 32.2. The molecular formula is C8H10N4O2S. The lowest BCUT2D eigenvalue weighted by atomic mass is 10.5. The fourth-order valence-electron chi connectivity index (χ4n) is 1.11. The molecular weight excluding hydrogens is 216 g/mol. The lowest BCUT2D eigenvalue weighted by Crippen LogP contribution is -2.15. The van der Waals surface area contributed by atoms with Crippen LogP contribution in [0.25, 0.3) is 5.65 Å². The molecule has 80 valence electrons. The highest BCUT2D eigenvalue weighted by molar-refractivity contribution is 7.92. The molecule has 0 amide bonds. The van der Waals surface area contributed by atoms with E-state index in [1.165, 1.54) is 10.7 Å². The van der Waals surface area contributed by atoms with Gasteiger partial charge in [-0.3, -0.25) is 4.72 Å². The maximum absolute atomic E-state index is 11.3. The van der Waals surface area contributed by atoms with Crippen LogP contribution in [-0.4, -0.2) is 28.8 Å². The van der Waals surface area contributed by atoms with Crippen LogP contribution in [0.2, 0.25) is 0 Å². The summed E-state index contributed by atoms with van der Waals surface area (Å²) in [6.07, 6.45) is 4.64. The molecule has 0 atom stereocenters. The van der Waals surface area contributed by atoms with Gasteiger partial charge in [-0.25, -0.2) is 17.9 Å². The molecule has 0 saturated carbocycles. The van der Waals surface area contributed by atoms with Crippen molar-refractivity contribution in [2.45, 2.75) is 6.92 Å². The minimum absolute atomic E-state index is 0.0319. The zero-order valence-corrected chi connectivity index (χ0v) is 8.90. The van der Waals surface area contributed by atoms with Crippen LogP contribution in [0, 0.1) is 0 Å². The molecule has 15 heavy (non-hydrogen) atoms. The molecule has 0 aliphatic carbocycles. The Balaban J connectivity index is 2.37. The first kappa shape index (κ1) is 9.91. The fourth-order valence-corrected chi connectivity index (χ4v) is 1.72. The Hall–Kier alpha value is -1.63. The Morgan fingerprint density at radius 2 is 2.33 bits per heavy atom. The van der Waals surface area contributed by atoms with Crippen molar-refractivity contribution in [2.75, 3.05) is 10.5 Å². The lowest BCUT2D eigenvalue weighted by molar-refractivity contribution is 0.602. The van der Waals surface area contributed by atoms with E-state index >= 15 is 0 Å². The van der Waals surface area contributed by atoms with Gasteiger partial charge in [0, 0.05) is 6.07 Å². The average Bonchev–Trinajstić information content (AvgIpc) is 2.64. The lowest BCUT2D eigenvalue weighted by Gasteiger charge is -2.04. The van der Waals surface area contributed by atoms with Gasteiger partial charge in [0.15, 0.2) is 5.65 Å². The largest absolute Gasteiger partial charge is 0.280 e. The van der Waals surface area contributed by atoms with Gasteiger partial charge in [-0.1, -0.05) is 0 Å². The normalized spacial score (nSPS) is 11.8. The number of fused-ring (bicyclic) bond motifs is 1. The molecule has 2 aromatic heterocycles. The van der Waals surface area contributed by atoms with Crippen LogP contribution in [0.15, 0.2) is 24.7 Å². The molecule has 0 aromatic carbocycles. The summed E-state index contributed by atoms with van der Waals surface area (Å²) in [6.45, 7) is 1.57. The second kappa shape index (κ2) is 3.50. The summed E-state index contributed by atoms with van der Waals surface area (Å²) in [5, 5.41) is 3.95. The van der Waals surface area contributed by atoms with Gasteiger partial charge >= 0.3 is 0 Å². The van der Waals surface area contributed by atoms with E-state index in [0.717, 1.165) is 0 Å². The first-order valence-electron chi connectivity index (χ1n) is 4.40. The van der Waals surface area contributed by atoms with E-state index in [4.69, 9.17) is 0 Å². The minimum Gasteiger partial charge on any atom is -0.280 e. The number of hydrogen-bond acceptors (Lipinski definition) is 4. The Labute approximate surface area is 87.0 Å². The number of nitrogens with zero attached hydrogens (tertiary/aromatic N) is 3. The van der Waals surface area contributed by atoms with Gasteiger partial charge in [0.25, 0.3) is 0 Å².